The van der Waals surface area contributed by atoms with Crippen molar-refractivity contribution >= 4 is 12.1 Å². The van der Waals surface area contributed by atoms with Crippen LogP contribution in [-0.4, -0.2) is 48.3 Å². The van der Waals surface area contributed by atoms with Crippen LogP contribution in [0.25, 0.3) is 0 Å². The summed E-state index contributed by atoms with van der Waals surface area (Å²) in [5.74, 6) is -0.487. The third-order valence-electron chi connectivity index (χ3n) is 3.41. The molecule has 0 spiro atoms. The largest absolute Gasteiger partial charge is 0.475 e. The highest BCUT2D eigenvalue weighted by Crippen LogP contribution is 2.19. The van der Waals surface area contributed by atoms with Crippen molar-refractivity contribution in [3.05, 3.63) is 23.2 Å². The van der Waals surface area contributed by atoms with Gasteiger partial charge in [0.15, 0.2) is 0 Å². The minimum absolute atomic E-state index is 0.0408. The molecule has 1 aliphatic rings. The Morgan fingerprint density at radius 2 is 2.35 bits per heavy atom. The smallest absolute Gasteiger partial charge is 0.407 e. The van der Waals surface area contributed by atoms with Gasteiger partial charge in [0.2, 0.25) is 5.76 Å². The number of carboxylic acids is 1. The monoisotopic (exact) mass is 282 g/mol. The molecule has 110 valence electrons. The molecule has 1 fully saturated rings. The molecule has 1 saturated heterocycles. The maximum absolute atomic E-state index is 11.1. The highest BCUT2D eigenvalue weighted by molar-refractivity contribution is 5.84. The van der Waals surface area contributed by atoms with Crippen molar-refractivity contribution in [3.8, 4) is 0 Å². The van der Waals surface area contributed by atoms with Gasteiger partial charge in [-0.25, -0.2) is 9.59 Å². The fourth-order valence-corrected chi connectivity index (χ4v) is 2.34. The number of aromatic carboxylic acids is 1. The first-order chi connectivity index (χ1) is 9.49. The lowest BCUT2D eigenvalue weighted by atomic mass is 10.2. The average Bonchev–Trinajstić information content (AvgIpc) is 2.98. The molecule has 1 unspecified atom stereocenters. The standard InChI is InChI=1S/C13H18N2O5/c1-8-9(5-11(20-8)12(16)17)6-15-4-3-10(7-15)14-13(18)19-2/h5,10H,3-4,6-7H2,1-2H3,(H,14,18)(H,16,17). The van der Waals surface area contributed by atoms with E-state index in [-0.39, 0.29) is 11.8 Å². The summed E-state index contributed by atoms with van der Waals surface area (Å²) in [7, 11) is 1.34. The topological polar surface area (TPSA) is 92.0 Å². The minimum Gasteiger partial charge on any atom is -0.475 e. The van der Waals surface area contributed by atoms with E-state index in [0.717, 1.165) is 18.5 Å². The summed E-state index contributed by atoms with van der Waals surface area (Å²) >= 11 is 0. The number of hydrogen-bond donors (Lipinski definition) is 2. The number of methoxy groups -OCH3 is 1. The molecule has 1 aromatic heterocycles. The van der Waals surface area contributed by atoms with E-state index in [1.807, 2.05) is 0 Å². The normalized spacial score (nSPS) is 19.0. The summed E-state index contributed by atoms with van der Waals surface area (Å²) in [4.78, 5) is 24.1. The van der Waals surface area contributed by atoms with E-state index in [1.54, 1.807) is 13.0 Å². The van der Waals surface area contributed by atoms with Crippen molar-refractivity contribution in [2.24, 2.45) is 0 Å². The van der Waals surface area contributed by atoms with Gasteiger partial charge in [0.25, 0.3) is 0 Å². The number of nitrogens with zero attached hydrogens (tertiary/aromatic N) is 1. The molecule has 1 aromatic rings. The third kappa shape index (κ3) is 3.30. The van der Waals surface area contributed by atoms with Crippen molar-refractivity contribution in [3.63, 3.8) is 0 Å². The second kappa shape index (κ2) is 5.96. The second-order valence-electron chi connectivity index (χ2n) is 4.85. The van der Waals surface area contributed by atoms with E-state index >= 15 is 0 Å². The first-order valence-electron chi connectivity index (χ1n) is 6.39. The lowest BCUT2D eigenvalue weighted by Crippen LogP contribution is -2.36. The van der Waals surface area contributed by atoms with Crippen LogP contribution in [0, 0.1) is 6.92 Å². The highest BCUT2D eigenvalue weighted by Gasteiger charge is 2.25. The SMILES string of the molecule is COC(=O)NC1CCN(Cc2cc(C(=O)O)oc2C)C1. The zero-order valence-corrected chi connectivity index (χ0v) is 11.5. The zero-order valence-electron chi connectivity index (χ0n) is 11.5. The van der Waals surface area contributed by atoms with Gasteiger partial charge in [0.1, 0.15) is 5.76 Å². The number of likely N-dealkylation sites (tertiary alicyclic amines) is 1. The summed E-state index contributed by atoms with van der Waals surface area (Å²) in [6, 6.07) is 1.62. The quantitative estimate of drug-likeness (QED) is 0.862. The van der Waals surface area contributed by atoms with Crippen LogP contribution in [0.2, 0.25) is 0 Å². The number of furan rings is 1. The molecular weight excluding hydrogens is 264 g/mol. The fourth-order valence-electron chi connectivity index (χ4n) is 2.34. The lowest BCUT2D eigenvalue weighted by Gasteiger charge is -2.15. The van der Waals surface area contributed by atoms with Gasteiger partial charge in [-0.1, -0.05) is 0 Å². The van der Waals surface area contributed by atoms with Gasteiger partial charge in [0, 0.05) is 31.2 Å². The number of carbonyl (C=O) groups is 2. The van der Waals surface area contributed by atoms with Crippen LogP contribution in [0.5, 0.6) is 0 Å². The Bertz CT molecular complexity index is 511. The van der Waals surface area contributed by atoms with Crippen LogP contribution in [0.3, 0.4) is 0 Å². The highest BCUT2D eigenvalue weighted by atomic mass is 16.5. The predicted molar refractivity (Wildman–Crippen MR) is 69.6 cm³/mol. The van der Waals surface area contributed by atoms with Crippen LogP contribution in [-0.2, 0) is 11.3 Å². The Balaban J connectivity index is 1.92. The van der Waals surface area contributed by atoms with Gasteiger partial charge in [0.05, 0.1) is 7.11 Å². The summed E-state index contributed by atoms with van der Waals surface area (Å²) < 4.78 is 9.74. The molecular formula is C13H18N2O5. The average molecular weight is 282 g/mol. The number of hydrogen-bond acceptors (Lipinski definition) is 5. The first kappa shape index (κ1) is 14.4. The fraction of sp³-hybridized carbons (Fsp3) is 0.538. The van der Waals surface area contributed by atoms with Crippen LogP contribution >= 0.6 is 0 Å². The van der Waals surface area contributed by atoms with E-state index in [4.69, 9.17) is 9.52 Å². The van der Waals surface area contributed by atoms with Crippen LogP contribution in [0.15, 0.2) is 10.5 Å². The maximum Gasteiger partial charge on any atom is 0.407 e. The van der Waals surface area contributed by atoms with Crippen LogP contribution in [0.1, 0.15) is 28.3 Å². The van der Waals surface area contributed by atoms with E-state index in [2.05, 4.69) is 15.0 Å². The van der Waals surface area contributed by atoms with E-state index in [1.165, 1.54) is 7.11 Å². The van der Waals surface area contributed by atoms with Crippen molar-refractivity contribution in [1.82, 2.24) is 10.2 Å². The van der Waals surface area contributed by atoms with E-state index in [0.29, 0.717) is 18.8 Å². The molecule has 1 amide bonds. The first-order valence-corrected chi connectivity index (χ1v) is 6.39. The molecule has 20 heavy (non-hydrogen) atoms. The van der Waals surface area contributed by atoms with Gasteiger partial charge >= 0.3 is 12.1 Å². The summed E-state index contributed by atoms with van der Waals surface area (Å²) in [5, 5.41) is 11.6. The lowest BCUT2D eigenvalue weighted by molar-refractivity contribution is 0.0661. The molecule has 0 aliphatic carbocycles. The van der Waals surface area contributed by atoms with Gasteiger partial charge in [-0.05, 0) is 19.4 Å². The number of ether oxygens (including phenoxy) is 1. The van der Waals surface area contributed by atoms with Crippen LogP contribution in [0.4, 0.5) is 4.79 Å². The van der Waals surface area contributed by atoms with Crippen molar-refractivity contribution in [2.45, 2.75) is 25.9 Å². The Morgan fingerprint density at radius 1 is 1.60 bits per heavy atom. The Kier molecular flexibility index (Phi) is 4.29. The molecule has 2 N–H and O–H groups in total. The molecule has 0 bridgehead atoms. The number of rotatable bonds is 4. The Labute approximate surface area is 116 Å². The molecule has 0 saturated carbocycles. The third-order valence-corrected chi connectivity index (χ3v) is 3.41. The van der Waals surface area contributed by atoms with Gasteiger partial charge in [-0.3, -0.25) is 4.90 Å². The second-order valence-corrected chi connectivity index (χ2v) is 4.85. The maximum atomic E-state index is 11.1. The van der Waals surface area contributed by atoms with Gasteiger partial charge in [-0.15, -0.1) is 0 Å². The molecule has 2 rings (SSSR count). The van der Waals surface area contributed by atoms with Crippen molar-refractivity contribution < 1.29 is 23.8 Å². The van der Waals surface area contributed by atoms with Gasteiger partial charge < -0.3 is 19.6 Å². The molecule has 7 heteroatoms. The predicted octanol–water partition coefficient (Wildman–Crippen LogP) is 1.22. The number of carbonyl (C=O) groups excluding carboxylic acids is 1. The minimum atomic E-state index is -1.06. The van der Waals surface area contributed by atoms with E-state index in [9.17, 15) is 9.59 Å². The molecule has 1 atom stereocenters. The summed E-state index contributed by atoms with van der Waals surface area (Å²) in [6.07, 6.45) is 0.419. The zero-order chi connectivity index (χ0) is 14.7. The number of alkyl carbamates (subject to hydrolysis) is 1. The molecule has 0 radical (unpaired) electrons. The number of amides is 1. The molecule has 2 heterocycles. The van der Waals surface area contributed by atoms with E-state index < -0.39 is 12.1 Å². The van der Waals surface area contributed by atoms with Gasteiger partial charge in [-0.2, -0.15) is 0 Å². The summed E-state index contributed by atoms with van der Waals surface area (Å²) in [5.41, 5.74) is 0.862. The molecule has 0 aromatic carbocycles. The molecule has 1 aliphatic heterocycles. The Hall–Kier alpha value is -2.02. The molecule has 7 nitrogen and oxygen atoms in total. The van der Waals surface area contributed by atoms with Crippen molar-refractivity contribution in [2.75, 3.05) is 20.2 Å². The number of nitrogens with one attached hydrogen (secondary N) is 1. The van der Waals surface area contributed by atoms with Crippen molar-refractivity contribution in [1.29, 1.82) is 0 Å². The number of carboxylic acid groups (broad SMARTS) is 1. The summed E-state index contributed by atoms with van der Waals surface area (Å²) in [6.45, 7) is 3.91. The Morgan fingerprint density at radius 3 is 2.95 bits per heavy atom. The van der Waals surface area contributed by atoms with Crippen LogP contribution < -0.4 is 5.32 Å². The number of aryl methyl sites for hydroxylation is 1.